The van der Waals surface area contributed by atoms with Gasteiger partial charge in [-0.15, -0.1) is 0 Å². The van der Waals surface area contributed by atoms with E-state index in [0.717, 1.165) is 22.2 Å². The van der Waals surface area contributed by atoms with Gasteiger partial charge in [-0.3, -0.25) is 4.98 Å². The fraction of sp³-hybridized carbons (Fsp3) is 0. The molecule has 2 aromatic rings. The van der Waals surface area contributed by atoms with Gasteiger partial charge in [0.15, 0.2) is 0 Å². The van der Waals surface area contributed by atoms with E-state index in [0.29, 0.717) is 0 Å². The van der Waals surface area contributed by atoms with E-state index in [1.54, 1.807) is 12.4 Å². The van der Waals surface area contributed by atoms with Gasteiger partial charge in [0.2, 0.25) is 0 Å². The molecule has 0 fully saturated rings. The molecule has 1 aliphatic rings. The van der Waals surface area contributed by atoms with Gasteiger partial charge >= 0.3 is 0 Å². The third kappa shape index (κ3) is 1.29. The molecule has 1 radical (unpaired) electrons. The van der Waals surface area contributed by atoms with Crippen molar-refractivity contribution in [2.24, 2.45) is 5.10 Å². The third-order valence-corrected chi connectivity index (χ3v) is 2.39. The predicted octanol–water partition coefficient (Wildman–Crippen LogP) is 2.07. The zero-order valence-corrected chi connectivity index (χ0v) is 7.96. The van der Waals surface area contributed by atoms with Gasteiger partial charge in [0, 0.05) is 17.1 Å². The zero-order chi connectivity index (χ0) is 10.1. The van der Waals surface area contributed by atoms with E-state index in [1.807, 2.05) is 36.4 Å². The monoisotopic (exact) mass is 194 g/mol. The van der Waals surface area contributed by atoms with Crippen molar-refractivity contribution in [2.75, 3.05) is 0 Å². The van der Waals surface area contributed by atoms with E-state index >= 15 is 0 Å². The third-order valence-electron chi connectivity index (χ3n) is 2.39. The fourth-order valence-electron chi connectivity index (χ4n) is 1.70. The summed E-state index contributed by atoms with van der Waals surface area (Å²) in [4.78, 5) is 4.30. The lowest BCUT2D eigenvalue weighted by molar-refractivity contribution is 0.972. The first-order valence-electron chi connectivity index (χ1n) is 4.73. The predicted molar refractivity (Wildman–Crippen MR) is 59.6 cm³/mol. The molecule has 71 valence electrons. The molecule has 15 heavy (non-hydrogen) atoms. The Labute approximate surface area is 87.1 Å². The van der Waals surface area contributed by atoms with Gasteiger partial charge in [-0.05, 0) is 18.2 Å². The topological polar surface area (TPSA) is 39.4 Å². The average molecular weight is 194 g/mol. The molecule has 0 saturated carbocycles. The second-order valence-corrected chi connectivity index (χ2v) is 3.29. The van der Waals surface area contributed by atoms with Crippen molar-refractivity contribution in [2.45, 2.75) is 0 Å². The van der Waals surface area contributed by atoms with E-state index < -0.39 is 0 Å². The molecular formula is C12H8N3. The molecule has 0 bridgehead atoms. The Hall–Kier alpha value is -2.16. The summed E-state index contributed by atoms with van der Waals surface area (Å²) in [7, 11) is 0. The van der Waals surface area contributed by atoms with Crippen LogP contribution in [0.3, 0.4) is 0 Å². The second-order valence-electron chi connectivity index (χ2n) is 3.29. The van der Waals surface area contributed by atoms with Crippen LogP contribution in [0.1, 0.15) is 5.56 Å². The van der Waals surface area contributed by atoms with Crippen molar-refractivity contribution in [1.82, 2.24) is 10.4 Å². The van der Waals surface area contributed by atoms with E-state index in [9.17, 15) is 0 Å². The number of nitrogens with zero attached hydrogens (tertiary/aromatic N) is 3. The van der Waals surface area contributed by atoms with Crippen LogP contribution < -0.4 is 5.43 Å². The highest BCUT2D eigenvalue weighted by molar-refractivity contribution is 6.16. The lowest BCUT2D eigenvalue weighted by atomic mass is 10.1. The molecule has 0 unspecified atom stereocenters. The van der Waals surface area contributed by atoms with Gasteiger partial charge in [-0.1, -0.05) is 18.2 Å². The molecule has 0 spiro atoms. The van der Waals surface area contributed by atoms with Crippen LogP contribution in [0.2, 0.25) is 0 Å². The van der Waals surface area contributed by atoms with Crippen molar-refractivity contribution in [1.29, 1.82) is 0 Å². The largest absolute Gasteiger partial charge is 0.256 e. The summed E-state index contributed by atoms with van der Waals surface area (Å²) in [6.45, 7) is 0. The quantitative estimate of drug-likeness (QED) is 0.685. The Kier molecular flexibility index (Phi) is 1.75. The Bertz CT molecular complexity index is 565. The van der Waals surface area contributed by atoms with Gasteiger partial charge < -0.3 is 0 Å². The Morgan fingerprint density at radius 2 is 1.93 bits per heavy atom. The highest BCUT2D eigenvalue weighted by atomic mass is 15.3. The highest BCUT2D eigenvalue weighted by Crippen LogP contribution is 2.18. The Morgan fingerprint density at radius 3 is 2.80 bits per heavy atom. The summed E-state index contributed by atoms with van der Waals surface area (Å²) >= 11 is 0. The number of hydrogen-bond donors (Lipinski definition) is 0. The van der Waals surface area contributed by atoms with Crippen molar-refractivity contribution in [3.63, 3.8) is 0 Å². The Balaban J connectivity index is 2.30. The first kappa shape index (κ1) is 8.17. The highest BCUT2D eigenvalue weighted by Gasteiger charge is 2.08. The minimum atomic E-state index is 0.897. The molecule has 0 saturated heterocycles. The van der Waals surface area contributed by atoms with Crippen molar-refractivity contribution in [3.8, 4) is 0 Å². The van der Waals surface area contributed by atoms with Crippen molar-refractivity contribution in [3.05, 3.63) is 54.4 Å². The van der Waals surface area contributed by atoms with E-state index in [2.05, 4.69) is 15.5 Å². The maximum atomic E-state index is 4.30. The molecule has 0 amide bonds. The van der Waals surface area contributed by atoms with Crippen LogP contribution in [0.4, 0.5) is 0 Å². The molecule has 1 aromatic heterocycles. The molecule has 3 nitrogen and oxygen atoms in total. The van der Waals surface area contributed by atoms with Crippen molar-refractivity contribution < 1.29 is 0 Å². The number of benzene rings is 1. The van der Waals surface area contributed by atoms with Crippen LogP contribution in [0.15, 0.2) is 53.9 Å². The molecule has 1 aromatic carbocycles. The first-order chi connectivity index (χ1) is 7.45. The van der Waals surface area contributed by atoms with Crippen LogP contribution in [-0.2, 0) is 0 Å². The summed E-state index contributed by atoms with van der Waals surface area (Å²) in [5.74, 6) is 0. The minimum Gasteiger partial charge on any atom is -0.256 e. The molecule has 0 atom stereocenters. The lowest BCUT2D eigenvalue weighted by Crippen LogP contribution is -1.96. The number of aromatic nitrogens is 1. The molecule has 0 aliphatic carbocycles. The smallest absolute Gasteiger partial charge is 0.0952 e. The number of para-hydroxylation sites is 1. The SMILES string of the molecule is C1=CC(c2ccnc3ccccc23)=N[N]1. The van der Waals surface area contributed by atoms with Crippen LogP contribution in [-0.4, -0.2) is 10.7 Å². The normalized spacial score (nSPS) is 14.0. The molecule has 2 heterocycles. The van der Waals surface area contributed by atoms with Gasteiger partial charge in [-0.25, -0.2) is 0 Å². The first-order valence-corrected chi connectivity index (χ1v) is 4.73. The van der Waals surface area contributed by atoms with Crippen LogP contribution in [0.5, 0.6) is 0 Å². The van der Waals surface area contributed by atoms with Crippen LogP contribution in [0.25, 0.3) is 10.9 Å². The van der Waals surface area contributed by atoms with E-state index in [-0.39, 0.29) is 0 Å². The molecule has 3 rings (SSSR count). The lowest BCUT2D eigenvalue weighted by Gasteiger charge is -2.02. The zero-order valence-electron chi connectivity index (χ0n) is 7.96. The number of hydrogen-bond acceptors (Lipinski definition) is 2. The summed E-state index contributed by atoms with van der Waals surface area (Å²) in [6.07, 6.45) is 5.40. The number of rotatable bonds is 1. The van der Waals surface area contributed by atoms with E-state index in [4.69, 9.17) is 0 Å². The standard InChI is InChI=1S/C12H8N3/c1-2-4-11-9(3-1)10(5-7-13-11)12-6-8-14-15-12/h1-8H. The molecular weight excluding hydrogens is 186 g/mol. The number of allylic oxidation sites excluding steroid dienone is 1. The van der Waals surface area contributed by atoms with Crippen molar-refractivity contribution >= 4 is 16.6 Å². The summed E-state index contributed by atoms with van der Waals surface area (Å²) < 4.78 is 0. The number of fused-ring (bicyclic) bond motifs is 1. The molecule has 0 N–H and O–H groups in total. The second kappa shape index (κ2) is 3.20. The van der Waals surface area contributed by atoms with Gasteiger partial charge in [0.1, 0.15) is 0 Å². The van der Waals surface area contributed by atoms with Gasteiger partial charge in [0.05, 0.1) is 17.4 Å². The fourth-order valence-corrected chi connectivity index (χ4v) is 1.70. The molecule has 1 aliphatic heterocycles. The summed E-state index contributed by atoms with van der Waals surface area (Å²) in [5.41, 5.74) is 6.80. The van der Waals surface area contributed by atoms with Gasteiger partial charge in [-0.2, -0.15) is 10.5 Å². The average Bonchev–Trinajstić information content (AvgIpc) is 2.82. The number of pyridine rings is 1. The molecule has 3 heteroatoms. The van der Waals surface area contributed by atoms with Crippen LogP contribution >= 0.6 is 0 Å². The summed E-state index contributed by atoms with van der Waals surface area (Å²) in [5, 5.41) is 5.17. The van der Waals surface area contributed by atoms with E-state index in [1.165, 1.54) is 0 Å². The maximum Gasteiger partial charge on any atom is 0.0952 e. The maximum absolute atomic E-state index is 4.30. The summed E-state index contributed by atoms with van der Waals surface area (Å²) in [6, 6.07) is 9.99. The minimum absolute atomic E-state index is 0.897. The van der Waals surface area contributed by atoms with Gasteiger partial charge in [0.25, 0.3) is 0 Å². The van der Waals surface area contributed by atoms with Crippen LogP contribution in [0, 0.1) is 0 Å². The Morgan fingerprint density at radius 1 is 1.00 bits per heavy atom.